The van der Waals surface area contributed by atoms with Crippen molar-refractivity contribution in [2.45, 2.75) is 31.8 Å². The molecule has 2 aromatic rings. The first-order valence-electron chi connectivity index (χ1n) is 9.24. The van der Waals surface area contributed by atoms with Gasteiger partial charge in [0, 0.05) is 50.5 Å². The van der Waals surface area contributed by atoms with Crippen LogP contribution in [0.25, 0.3) is 11.1 Å². The SMILES string of the molecule is N#Cc1ccc(-c2ccc(CN3CCN(C4CCC4)CC3)nc2)cc1. The molecule has 1 aromatic carbocycles. The Hall–Kier alpha value is -2.22. The fourth-order valence-corrected chi connectivity index (χ4v) is 3.69. The average molecular weight is 332 g/mol. The van der Waals surface area contributed by atoms with Gasteiger partial charge in [0.15, 0.2) is 0 Å². The second-order valence-electron chi connectivity index (χ2n) is 7.12. The highest BCUT2D eigenvalue weighted by Gasteiger charge is 2.27. The molecule has 0 spiro atoms. The Balaban J connectivity index is 1.33. The van der Waals surface area contributed by atoms with Gasteiger partial charge >= 0.3 is 0 Å². The van der Waals surface area contributed by atoms with Crippen molar-refractivity contribution in [3.63, 3.8) is 0 Å². The third kappa shape index (κ3) is 3.73. The van der Waals surface area contributed by atoms with Crippen LogP contribution in [0.15, 0.2) is 42.6 Å². The van der Waals surface area contributed by atoms with Crippen LogP contribution in [-0.2, 0) is 6.54 Å². The topological polar surface area (TPSA) is 43.2 Å². The van der Waals surface area contributed by atoms with Crippen LogP contribution in [-0.4, -0.2) is 47.0 Å². The molecule has 4 nitrogen and oxygen atoms in total. The summed E-state index contributed by atoms with van der Waals surface area (Å²) >= 11 is 0. The number of nitriles is 1. The molecule has 0 radical (unpaired) electrons. The van der Waals surface area contributed by atoms with Crippen LogP contribution < -0.4 is 0 Å². The molecule has 1 aliphatic heterocycles. The van der Waals surface area contributed by atoms with Gasteiger partial charge in [0.25, 0.3) is 0 Å². The summed E-state index contributed by atoms with van der Waals surface area (Å²) in [5.41, 5.74) is 4.03. The molecule has 0 unspecified atom stereocenters. The van der Waals surface area contributed by atoms with E-state index in [1.165, 1.54) is 32.4 Å². The highest BCUT2D eigenvalue weighted by Crippen LogP contribution is 2.26. The molecule has 0 N–H and O–H groups in total. The number of aromatic nitrogens is 1. The maximum absolute atomic E-state index is 8.89. The largest absolute Gasteiger partial charge is 0.298 e. The first-order valence-corrected chi connectivity index (χ1v) is 9.24. The summed E-state index contributed by atoms with van der Waals surface area (Å²) in [5, 5.41) is 8.89. The third-order valence-electron chi connectivity index (χ3n) is 5.56. The summed E-state index contributed by atoms with van der Waals surface area (Å²) in [7, 11) is 0. The van der Waals surface area contributed by atoms with Crippen molar-refractivity contribution < 1.29 is 0 Å². The quantitative estimate of drug-likeness (QED) is 0.862. The number of nitrogens with zero attached hydrogens (tertiary/aromatic N) is 4. The summed E-state index contributed by atoms with van der Waals surface area (Å²) < 4.78 is 0. The Morgan fingerprint density at radius 2 is 1.68 bits per heavy atom. The van der Waals surface area contributed by atoms with Crippen LogP contribution in [0, 0.1) is 11.3 Å². The van der Waals surface area contributed by atoms with E-state index < -0.39 is 0 Å². The minimum absolute atomic E-state index is 0.689. The maximum Gasteiger partial charge on any atom is 0.0991 e. The van der Waals surface area contributed by atoms with Crippen LogP contribution in [0.2, 0.25) is 0 Å². The van der Waals surface area contributed by atoms with Gasteiger partial charge in [0.05, 0.1) is 17.3 Å². The molecule has 128 valence electrons. The van der Waals surface area contributed by atoms with E-state index >= 15 is 0 Å². The lowest BCUT2D eigenvalue weighted by molar-refractivity contribution is 0.0583. The number of benzene rings is 1. The van der Waals surface area contributed by atoms with Crippen molar-refractivity contribution in [1.29, 1.82) is 5.26 Å². The maximum atomic E-state index is 8.89. The van der Waals surface area contributed by atoms with Crippen LogP contribution in [0.1, 0.15) is 30.5 Å². The fraction of sp³-hybridized carbons (Fsp3) is 0.429. The van der Waals surface area contributed by atoms with Gasteiger partial charge in [0.2, 0.25) is 0 Å². The molecule has 2 heterocycles. The summed E-state index contributed by atoms with van der Waals surface area (Å²) in [6, 6.07) is 15.0. The number of rotatable bonds is 4. The normalized spacial score (nSPS) is 19.3. The lowest BCUT2D eigenvalue weighted by Crippen LogP contribution is -2.51. The predicted octanol–water partition coefficient (Wildman–Crippen LogP) is 3.29. The molecule has 2 fully saturated rings. The van der Waals surface area contributed by atoms with Gasteiger partial charge in [-0.1, -0.05) is 24.6 Å². The van der Waals surface area contributed by atoms with Gasteiger partial charge in [-0.05, 0) is 36.6 Å². The van der Waals surface area contributed by atoms with E-state index in [1.807, 2.05) is 30.5 Å². The van der Waals surface area contributed by atoms with Crippen molar-refractivity contribution in [3.8, 4) is 17.2 Å². The predicted molar refractivity (Wildman–Crippen MR) is 98.9 cm³/mol. The molecule has 4 rings (SSSR count). The third-order valence-corrected chi connectivity index (χ3v) is 5.56. The molecule has 25 heavy (non-hydrogen) atoms. The zero-order valence-electron chi connectivity index (χ0n) is 14.6. The van der Waals surface area contributed by atoms with Crippen LogP contribution in [0.4, 0.5) is 0 Å². The summed E-state index contributed by atoms with van der Waals surface area (Å²) in [5.74, 6) is 0. The second-order valence-corrected chi connectivity index (χ2v) is 7.12. The van der Waals surface area contributed by atoms with E-state index in [1.54, 1.807) is 0 Å². The molecule has 1 aliphatic carbocycles. The van der Waals surface area contributed by atoms with Gasteiger partial charge in [-0.15, -0.1) is 0 Å². The minimum atomic E-state index is 0.689. The van der Waals surface area contributed by atoms with Crippen LogP contribution >= 0.6 is 0 Å². The van der Waals surface area contributed by atoms with Crippen molar-refractivity contribution in [2.24, 2.45) is 0 Å². The first kappa shape index (κ1) is 16.3. The summed E-state index contributed by atoms with van der Waals surface area (Å²) in [4.78, 5) is 9.83. The zero-order valence-corrected chi connectivity index (χ0v) is 14.6. The molecule has 1 saturated carbocycles. The molecule has 2 aliphatic rings. The van der Waals surface area contributed by atoms with Gasteiger partial charge in [-0.25, -0.2) is 0 Å². The van der Waals surface area contributed by atoms with Crippen LogP contribution in [0.5, 0.6) is 0 Å². The Kier molecular flexibility index (Phi) is 4.78. The Morgan fingerprint density at radius 3 is 2.24 bits per heavy atom. The Bertz CT molecular complexity index is 733. The zero-order chi connectivity index (χ0) is 17.1. The molecular weight excluding hydrogens is 308 g/mol. The number of hydrogen-bond donors (Lipinski definition) is 0. The lowest BCUT2D eigenvalue weighted by atomic mass is 9.91. The number of piperazine rings is 1. The van der Waals surface area contributed by atoms with Gasteiger partial charge < -0.3 is 0 Å². The van der Waals surface area contributed by atoms with Crippen molar-refractivity contribution in [1.82, 2.24) is 14.8 Å². The summed E-state index contributed by atoms with van der Waals surface area (Å²) in [6.07, 6.45) is 6.17. The lowest BCUT2D eigenvalue weighted by Gasteiger charge is -2.42. The molecule has 0 bridgehead atoms. The van der Waals surface area contributed by atoms with E-state index in [-0.39, 0.29) is 0 Å². The van der Waals surface area contributed by atoms with E-state index in [0.29, 0.717) is 5.56 Å². The van der Waals surface area contributed by atoms with E-state index in [2.05, 4.69) is 33.0 Å². The monoisotopic (exact) mass is 332 g/mol. The number of hydrogen-bond acceptors (Lipinski definition) is 4. The molecule has 1 aromatic heterocycles. The highest BCUT2D eigenvalue weighted by atomic mass is 15.3. The second kappa shape index (κ2) is 7.35. The minimum Gasteiger partial charge on any atom is -0.298 e. The standard InChI is InChI=1S/C21H24N4/c22-14-17-4-6-18(7-5-17)19-8-9-20(23-15-19)16-24-10-12-25(13-11-24)21-2-1-3-21/h4-9,15,21H,1-3,10-13,16H2. The molecular formula is C21H24N4. The van der Waals surface area contributed by atoms with E-state index in [4.69, 9.17) is 5.26 Å². The smallest absolute Gasteiger partial charge is 0.0991 e. The molecule has 0 atom stereocenters. The van der Waals surface area contributed by atoms with E-state index in [0.717, 1.165) is 42.5 Å². The van der Waals surface area contributed by atoms with Gasteiger partial charge in [0.1, 0.15) is 0 Å². The van der Waals surface area contributed by atoms with Gasteiger partial charge in [-0.2, -0.15) is 5.26 Å². The molecule has 1 saturated heterocycles. The number of pyridine rings is 1. The molecule has 0 amide bonds. The van der Waals surface area contributed by atoms with Crippen molar-refractivity contribution in [2.75, 3.05) is 26.2 Å². The van der Waals surface area contributed by atoms with Gasteiger partial charge in [-0.3, -0.25) is 14.8 Å². The fourth-order valence-electron chi connectivity index (χ4n) is 3.69. The van der Waals surface area contributed by atoms with Crippen molar-refractivity contribution >= 4 is 0 Å². The Labute approximate surface area is 149 Å². The van der Waals surface area contributed by atoms with E-state index in [9.17, 15) is 0 Å². The first-order chi connectivity index (χ1) is 12.3. The van der Waals surface area contributed by atoms with Crippen molar-refractivity contribution in [3.05, 3.63) is 53.9 Å². The van der Waals surface area contributed by atoms with Crippen LogP contribution in [0.3, 0.4) is 0 Å². The summed E-state index contributed by atoms with van der Waals surface area (Å²) in [6.45, 7) is 5.64. The molecule has 4 heteroatoms. The average Bonchev–Trinajstić information content (AvgIpc) is 2.63. The Morgan fingerprint density at radius 1 is 0.960 bits per heavy atom. The highest BCUT2D eigenvalue weighted by molar-refractivity contribution is 5.63.